The quantitative estimate of drug-likeness (QED) is 0.698. The maximum atomic E-state index is 11.7. The van der Waals surface area contributed by atoms with Crippen LogP contribution < -0.4 is 10.6 Å². The van der Waals surface area contributed by atoms with Crippen molar-refractivity contribution in [2.45, 2.75) is 70.9 Å². The van der Waals surface area contributed by atoms with Crippen molar-refractivity contribution in [3.8, 4) is 0 Å². The van der Waals surface area contributed by atoms with Crippen molar-refractivity contribution in [3.63, 3.8) is 0 Å². The second-order valence-corrected chi connectivity index (χ2v) is 6.02. The molecule has 0 aromatic heterocycles. The molecule has 112 valence electrons. The van der Waals surface area contributed by atoms with Gasteiger partial charge in [-0.25, -0.2) is 4.79 Å². The molecule has 19 heavy (non-hydrogen) atoms. The Bertz CT molecular complexity index is 250. The second kappa shape index (κ2) is 9.18. The van der Waals surface area contributed by atoms with Gasteiger partial charge in [0.15, 0.2) is 0 Å². The van der Waals surface area contributed by atoms with Gasteiger partial charge < -0.3 is 15.5 Å². The van der Waals surface area contributed by atoms with Crippen LogP contribution in [0.1, 0.15) is 58.8 Å². The summed E-state index contributed by atoms with van der Waals surface area (Å²) in [6, 6.07) is 1.02. The highest BCUT2D eigenvalue weighted by Crippen LogP contribution is 2.17. The zero-order valence-electron chi connectivity index (χ0n) is 12.9. The third-order valence-electron chi connectivity index (χ3n) is 4.05. The van der Waals surface area contributed by atoms with Crippen LogP contribution in [0.4, 0.5) is 4.79 Å². The number of hydrogen-bond donors (Lipinski definition) is 2. The maximum Gasteiger partial charge on any atom is 0.315 e. The lowest BCUT2D eigenvalue weighted by atomic mass is 9.96. The predicted molar refractivity (Wildman–Crippen MR) is 80.4 cm³/mol. The van der Waals surface area contributed by atoms with Crippen molar-refractivity contribution >= 4 is 6.03 Å². The summed E-state index contributed by atoms with van der Waals surface area (Å²) in [6.07, 6.45) is 8.31. The molecule has 0 heterocycles. The van der Waals surface area contributed by atoms with Gasteiger partial charge in [0, 0.05) is 18.6 Å². The minimum atomic E-state index is 0.0177. The van der Waals surface area contributed by atoms with Crippen molar-refractivity contribution in [1.29, 1.82) is 0 Å². The highest BCUT2D eigenvalue weighted by Gasteiger charge is 2.14. The van der Waals surface area contributed by atoms with Crippen molar-refractivity contribution in [2.75, 3.05) is 20.1 Å². The molecule has 4 heteroatoms. The Morgan fingerprint density at radius 1 is 1.21 bits per heavy atom. The number of unbranched alkanes of at least 4 members (excludes halogenated alkanes) is 1. The molecule has 1 saturated carbocycles. The van der Waals surface area contributed by atoms with Gasteiger partial charge in [0.1, 0.15) is 0 Å². The maximum absolute atomic E-state index is 11.7. The summed E-state index contributed by atoms with van der Waals surface area (Å²) in [4.78, 5) is 14.0. The van der Waals surface area contributed by atoms with Gasteiger partial charge in [0.05, 0.1) is 0 Å². The summed E-state index contributed by atoms with van der Waals surface area (Å²) in [7, 11) is 2.15. The molecule has 0 atom stereocenters. The molecule has 4 nitrogen and oxygen atoms in total. The Kier molecular flexibility index (Phi) is 7.87. The van der Waals surface area contributed by atoms with Crippen LogP contribution >= 0.6 is 0 Å². The summed E-state index contributed by atoms with van der Waals surface area (Å²) in [5.74, 6) is 0. The first-order chi connectivity index (χ1) is 9.09. The molecule has 0 aromatic carbocycles. The highest BCUT2D eigenvalue weighted by atomic mass is 16.2. The van der Waals surface area contributed by atoms with Gasteiger partial charge in [-0.3, -0.25) is 0 Å². The van der Waals surface area contributed by atoms with Gasteiger partial charge in [-0.15, -0.1) is 0 Å². The molecule has 1 aliphatic carbocycles. The van der Waals surface area contributed by atoms with E-state index >= 15 is 0 Å². The van der Waals surface area contributed by atoms with Crippen molar-refractivity contribution in [2.24, 2.45) is 0 Å². The fourth-order valence-corrected chi connectivity index (χ4v) is 2.43. The van der Waals surface area contributed by atoms with E-state index in [9.17, 15) is 4.79 Å². The third-order valence-corrected chi connectivity index (χ3v) is 4.05. The van der Waals surface area contributed by atoms with E-state index in [-0.39, 0.29) is 6.03 Å². The summed E-state index contributed by atoms with van der Waals surface area (Å²) in [6.45, 7) is 6.29. The Morgan fingerprint density at radius 2 is 1.89 bits per heavy atom. The zero-order chi connectivity index (χ0) is 14.1. The zero-order valence-corrected chi connectivity index (χ0v) is 12.9. The summed E-state index contributed by atoms with van der Waals surface area (Å²) < 4.78 is 0. The van der Waals surface area contributed by atoms with Gasteiger partial charge >= 0.3 is 6.03 Å². The lowest BCUT2D eigenvalue weighted by Gasteiger charge is -2.23. The van der Waals surface area contributed by atoms with Crippen LogP contribution in [0.3, 0.4) is 0 Å². The van der Waals surface area contributed by atoms with Crippen LogP contribution in [0, 0.1) is 0 Å². The summed E-state index contributed by atoms with van der Waals surface area (Å²) in [5, 5.41) is 6.04. The molecular formula is C15H31N3O. The standard InChI is InChI=1S/C15H31N3O/c1-13(2)18(3)12-8-7-11-16-15(19)17-14-9-5-4-6-10-14/h13-14H,4-12H2,1-3H3,(H2,16,17,19). The third kappa shape index (κ3) is 7.41. The summed E-state index contributed by atoms with van der Waals surface area (Å²) >= 11 is 0. The molecular weight excluding hydrogens is 238 g/mol. The van der Waals surface area contributed by atoms with Crippen molar-refractivity contribution in [3.05, 3.63) is 0 Å². The average molecular weight is 269 g/mol. The molecule has 0 aliphatic heterocycles. The minimum Gasteiger partial charge on any atom is -0.338 e. The molecule has 1 rings (SSSR count). The molecule has 0 unspecified atom stereocenters. The van der Waals surface area contributed by atoms with Gasteiger partial charge in [0.2, 0.25) is 0 Å². The van der Waals surface area contributed by atoms with E-state index < -0.39 is 0 Å². The fourth-order valence-electron chi connectivity index (χ4n) is 2.43. The molecule has 2 amide bonds. The monoisotopic (exact) mass is 269 g/mol. The van der Waals surface area contributed by atoms with Crippen molar-refractivity contribution < 1.29 is 4.79 Å². The van der Waals surface area contributed by atoms with E-state index in [1.807, 2.05) is 0 Å². The Labute approximate surface area is 118 Å². The van der Waals surface area contributed by atoms with E-state index in [0.717, 1.165) is 38.8 Å². The van der Waals surface area contributed by atoms with E-state index in [4.69, 9.17) is 0 Å². The molecule has 0 saturated heterocycles. The largest absolute Gasteiger partial charge is 0.338 e. The van der Waals surface area contributed by atoms with Crippen LogP contribution in [0.25, 0.3) is 0 Å². The fraction of sp³-hybridized carbons (Fsp3) is 0.933. The first-order valence-electron chi connectivity index (χ1n) is 7.84. The van der Waals surface area contributed by atoms with Crippen molar-refractivity contribution in [1.82, 2.24) is 15.5 Å². The number of nitrogens with zero attached hydrogens (tertiary/aromatic N) is 1. The Hall–Kier alpha value is -0.770. The first-order valence-corrected chi connectivity index (χ1v) is 7.84. The predicted octanol–water partition coefficient (Wildman–Crippen LogP) is 2.74. The smallest absolute Gasteiger partial charge is 0.315 e. The van der Waals surface area contributed by atoms with E-state index in [2.05, 4.69) is 36.4 Å². The minimum absolute atomic E-state index is 0.0177. The van der Waals surface area contributed by atoms with E-state index in [1.54, 1.807) is 0 Å². The number of urea groups is 1. The lowest BCUT2D eigenvalue weighted by molar-refractivity contribution is 0.231. The molecule has 0 spiro atoms. The van der Waals surface area contributed by atoms with Crippen LogP contribution in [-0.4, -0.2) is 43.2 Å². The normalized spacial score (nSPS) is 16.9. The Balaban J connectivity index is 1.98. The lowest BCUT2D eigenvalue weighted by Crippen LogP contribution is -2.43. The molecule has 2 N–H and O–H groups in total. The van der Waals surface area contributed by atoms with Crippen LogP contribution in [0.2, 0.25) is 0 Å². The number of carbonyl (C=O) groups is 1. The number of hydrogen-bond acceptors (Lipinski definition) is 2. The van der Waals surface area contributed by atoms with Crippen LogP contribution in [-0.2, 0) is 0 Å². The number of carbonyl (C=O) groups excluding carboxylic acids is 1. The van der Waals surface area contributed by atoms with Gasteiger partial charge in [-0.2, -0.15) is 0 Å². The number of rotatable bonds is 7. The van der Waals surface area contributed by atoms with Crippen LogP contribution in [0.15, 0.2) is 0 Å². The first kappa shape index (κ1) is 16.3. The van der Waals surface area contributed by atoms with E-state index in [1.165, 1.54) is 19.3 Å². The Morgan fingerprint density at radius 3 is 2.53 bits per heavy atom. The van der Waals surface area contributed by atoms with Gasteiger partial charge in [-0.05, 0) is 53.1 Å². The second-order valence-electron chi connectivity index (χ2n) is 6.02. The molecule has 0 bridgehead atoms. The average Bonchev–Trinajstić information content (AvgIpc) is 2.39. The molecule has 1 fully saturated rings. The van der Waals surface area contributed by atoms with Gasteiger partial charge in [-0.1, -0.05) is 19.3 Å². The van der Waals surface area contributed by atoms with Gasteiger partial charge in [0.25, 0.3) is 0 Å². The highest BCUT2D eigenvalue weighted by molar-refractivity contribution is 5.74. The number of amides is 2. The molecule has 0 aromatic rings. The SMILES string of the molecule is CC(C)N(C)CCCCNC(=O)NC1CCCCC1. The molecule has 0 radical (unpaired) electrons. The topological polar surface area (TPSA) is 44.4 Å². The summed E-state index contributed by atoms with van der Waals surface area (Å²) in [5.41, 5.74) is 0. The van der Waals surface area contributed by atoms with Crippen LogP contribution in [0.5, 0.6) is 0 Å². The molecule has 1 aliphatic rings. The number of nitrogens with one attached hydrogen (secondary N) is 2. The van der Waals surface area contributed by atoms with E-state index in [0.29, 0.717) is 12.1 Å².